The second kappa shape index (κ2) is 5.39. The first-order valence-corrected chi connectivity index (χ1v) is 5.93. The van der Waals surface area contributed by atoms with Crippen LogP contribution in [-0.4, -0.2) is 23.4 Å². The lowest BCUT2D eigenvalue weighted by Crippen LogP contribution is -2.22. The van der Waals surface area contributed by atoms with Crippen molar-refractivity contribution in [2.45, 2.75) is 26.7 Å². The van der Waals surface area contributed by atoms with Gasteiger partial charge in [-0.2, -0.15) is 0 Å². The van der Waals surface area contributed by atoms with Crippen molar-refractivity contribution in [1.82, 2.24) is 0 Å². The highest BCUT2D eigenvalue weighted by atomic mass is 32.2. The van der Waals surface area contributed by atoms with Crippen LogP contribution < -0.4 is 0 Å². The molecule has 1 fully saturated rings. The largest absolute Gasteiger partial charge is 0.466 e. The van der Waals surface area contributed by atoms with Crippen molar-refractivity contribution in [3.8, 4) is 0 Å². The van der Waals surface area contributed by atoms with Crippen LogP contribution in [-0.2, 0) is 14.3 Å². The molecule has 0 amide bonds. The minimum atomic E-state index is -0.135. The Balaban J connectivity index is 2.38. The van der Waals surface area contributed by atoms with Crippen molar-refractivity contribution in [3.63, 3.8) is 0 Å². The van der Waals surface area contributed by atoms with E-state index in [1.165, 1.54) is 18.7 Å². The van der Waals surface area contributed by atoms with Crippen LogP contribution in [0.2, 0.25) is 0 Å². The molecule has 4 heteroatoms. The fraction of sp³-hybridized carbons (Fsp3) is 0.800. The third-order valence-electron chi connectivity index (χ3n) is 2.25. The predicted molar refractivity (Wildman–Crippen MR) is 56.0 cm³/mol. The average molecular weight is 216 g/mol. The Morgan fingerprint density at radius 3 is 2.57 bits per heavy atom. The number of carbonyl (C=O) groups excluding carboxylic acids is 2. The molecule has 1 unspecified atom stereocenters. The predicted octanol–water partition coefficient (Wildman–Crippen LogP) is 1.86. The molecule has 0 aromatic rings. The number of hydrogen-bond donors (Lipinski definition) is 0. The first kappa shape index (κ1) is 11.6. The Hall–Kier alpha value is -0.510. The van der Waals surface area contributed by atoms with Gasteiger partial charge >= 0.3 is 5.97 Å². The van der Waals surface area contributed by atoms with Crippen LogP contribution in [0.15, 0.2) is 0 Å². The summed E-state index contributed by atoms with van der Waals surface area (Å²) in [7, 11) is 0. The van der Waals surface area contributed by atoms with E-state index in [1.807, 2.05) is 0 Å². The lowest BCUT2D eigenvalue weighted by Gasteiger charge is -2.12. The van der Waals surface area contributed by atoms with E-state index in [9.17, 15) is 9.59 Å². The molecule has 1 saturated carbocycles. The Bertz CT molecular complexity index is 223. The molecule has 0 aliphatic heterocycles. The first-order valence-electron chi connectivity index (χ1n) is 4.95. The standard InChI is InChI=1S/C10H16O3S/c1-3-13-10(12)9(8-4-5-8)6-14-7(2)11/h8-9H,3-6H2,1-2H3. The van der Waals surface area contributed by atoms with Gasteiger partial charge in [0.25, 0.3) is 0 Å². The van der Waals surface area contributed by atoms with Crippen LogP contribution in [0, 0.1) is 11.8 Å². The van der Waals surface area contributed by atoms with Gasteiger partial charge in [-0.25, -0.2) is 0 Å². The molecule has 80 valence electrons. The second-order valence-corrected chi connectivity index (χ2v) is 4.70. The highest BCUT2D eigenvalue weighted by Crippen LogP contribution is 2.39. The number of carbonyl (C=O) groups is 2. The summed E-state index contributed by atoms with van der Waals surface area (Å²) < 4.78 is 4.97. The minimum absolute atomic E-state index is 0.0659. The Kier molecular flexibility index (Phi) is 4.45. The molecule has 0 bridgehead atoms. The van der Waals surface area contributed by atoms with Gasteiger partial charge in [0.05, 0.1) is 12.5 Å². The molecular weight excluding hydrogens is 200 g/mol. The molecule has 14 heavy (non-hydrogen) atoms. The fourth-order valence-corrected chi connectivity index (χ4v) is 2.17. The van der Waals surface area contributed by atoms with Crippen molar-refractivity contribution >= 4 is 22.8 Å². The van der Waals surface area contributed by atoms with Gasteiger partial charge in [-0.05, 0) is 25.7 Å². The van der Waals surface area contributed by atoms with Crippen molar-refractivity contribution in [3.05, 3.63) is 0 Å². The zero-order valence-electron chi connectivity index (χ0n) is 8.62. The minimum Gasteiger partial charge on any atom is -0.466 e. The van der Waals surface area contributed by atoms with Gasteiger partial charge in [0.2, 0.25) is 0 Å². The van der Waals surface area contributed by atoms with Gasteiger partial charge in [0.1, 0.15) is 0 Å². The molecular formula is C10H16O3S. The number of rotatable bonds is 5. The highest BCUT2D eigenvalue weighted by molar-refractivity contribution is 8.13. The topological polar surface area (TPSA) is 43.4 Å². The van der Waals surface area contributed by atoms with Crippen molar-refractivity contribution in [1.29, 1.82) is 0 Å². The molecule has 0 aromatic carbocycles. The SMILES string of the molecule is CCOC(=O)C(CSC(C)=O)C1CC1. The van der Waals surface area contributed by atoms with Crippen molar-refractivity contribution in [2.75, 3.05) is 12.4 Å². The van der Waals surface area contributed by atoms with Gasteiger partial charge < -0.3 is 4.74 Å². The maximum atomic E-state index is 11.5. The Morgan fingerprint density at radius 2 is 2.14 bits per heavy atom. The molecule has 0 radical (unpaired) electrons. The summed E-state index contributed by atoms with van der Waals surface area (Å²) in [5, 5.41) is 0.0694. The van der Waals surface area contributed by atoms with E-state index in [-0.39, 0.29) is 17.0 Å². The summed E-state index contributed by atoms with van der Waals surface area (Å²) in [6.45, 7) is 3.76. The van der Waals surface area contributed by atoms with E-state index in [1.54, 1.807) is 6.92 Å². The second-order valence-electron chi connectivity index (χ2n) is 3.50. The zero-order chi connectivity index (χ0) is 10.6. The molecule has 0 saturated heterocycles. The van der Waals surface area contributed by atoms with Crippen LogP contribution in [0.3, 0.4) is 0 Å². The molecule has 1 atom stereocenters. The van der Waals surface area contributed by atoms with E-state index >= 15 is 0 Å². The van der Waals surface area contributed by atoms with Crippen LogP contribution in [0.1, 0.15) is 26.7 Å². The molecule has 1 aliphatic carbocycles. The molecule has 0 N–H and O–H groups in total. The van der Waals surface area contributed by atoms with Crippen molar-refractivity contribution < 1.29 is 14.3 Å². The summed E-state index contributed by atoms with van der Waals surface area (Å²) in [6.07, 6.45) is 2.20. The number of ether oxygens (including phenoxy) is 1. The van der Waals surface area contributed by atoms with Crippen LogP contribution in [0.25, 0.3) is 0 Å². The number of esters is 1. The van der Waals surface area contributed by atoms with E-state index < -0.39 is 0 Å². The van der Waals surface area contributed by atoms with Crippen LogP contribution in [0.4, 0.5) is 0 Å². The summed E-state index contributed by atoms with van der Waals surface area (Å²) in [5.41, 5.74) is 0. The lowest BCUT2D eigenvalue weighted by molar-refractivity contribution is -0.147. The maximum absolute atomic E-state index is 11.5. The van der Waals surface area contributed by atoms with E-state index in [2.05, 4.69) is 0 Å². The third-order valence-corrected chi connectivity index (χ3v) is 3.18. The molecule has 0 spiro atoms. The molecule has 0 heterocycles. The lowest BCUT2D eigenvalue weighted by atomic mass is 10.1. The summed E-state index contributed by atoms with van der Waals surface area (Å²) in [5.74, 6) is 0.840. The van der Waals surface area contributed by atoms with Gasteiger partial charge in [-0.15, -0.1) is 0 Å². The first-order chi connectivity index (χ1) is 6.65. The summed E-state index contributed by atoms with van der Waals surface area (Å²) >= 11 is 1.22. The van der Waals surface area contributed by atoms with Gasteiger partial charge in [-0.3, -0.25) is 9.59 Å². The van der Waals surface area contributed by atoms with Crippen LogP contribution in [0.5, 0.6) is 0 Å². The maximum Gasteiger partial charge on any atom is 0.310 e. The van der Waals surface area contributed by atoms with E-state index in [0.29, 0.717) is 18.3 Å². The van der Waals surface area contributed by atoms with Gasteiger partial charge in [0, 0.05) is 12.7 Å². The zero-order valence-corrected chi connectivity index (χ0v) is 9.43. The summed E-state index contributed by atoms with van der Waals surface area (Å²) in [4.78, 5) is 22.3. The fourth-order valence-electron chi connectivity index (χ4n) is 1.35. The molecule has 3 nitrogen and oxygen atoms in total. The average Bonchev–Trinajstić information content (AvgIpc) is 2.88. The molecule has 0 aromatic heterocycles. The number of hydrogen-bond acceptors (Lipinski definition) is 4. The molecule has 1 aliphatic rings. The van der Waals surface area contributed by atoms with E-state index in [0.717, 1.165) is 12.8 Å². The Morgan fingerprint density at radius 1 is 1.50 bits per heavy atom. The van der Waals surface area contributed by atoms with Gasteiger partial charge in [-0.1, -0.05) is 11.8 Å². The van der Waals surface area contributed by atoms with Crippen LogP contribution >= 0.6 is 11.8 Å². The van der Waals surface area contributed by atoms with Crippen molar-refractivity contribution in [2.24, 2.45) is 11.8 Å². The number of thioether (sulfide) groups is 1. The normalized spacial score (nSPS) is 17.6. The quantitative estimate of drug-likeness (QED) is 0.658. The smallest absolute Gasteiger partial charge is 0.310 e. The van der Waals surface area contributed by atoms with E-state index in [4.69, 9.17) is 4.74 Å². The monoisotopic (exact) mass is 216 g/mol. The highest BCUT2D eigenvalue weighted by Gasteiger charge is 2.37. The van der Waals surface area contributed by atoms with Gasteiger partial charge in [0.15, 0.2) is 5.12 Å². The third kappa shape index (κ3) is 3.70. The Labute approximate surface area is 88.6 Å². The summed E-state index contributed by atoms with van der Waals surface area (Å²) in [6, 6.07) is 0. The molecule has 1 rings (SSSR count).